The fraction of sp³-hybridized carbons (Fsp3) is 0.533. The quantitative estimate of drug-likeness (QED) is 0.930. The van der Waals surface area contributed by atoms with Crippen LogP contribution in [0, 0.1) is 12.3 Å². The normalized spacial score (nSPS) is 19.4. The van der Waals surface area contributed by atoms with Crippen molar-refractivity contribution in [2.45, 2.75) is 38.5 Å². The minimum atomic E-state index is -3.62. The Morgan fingerprint density at radius 1 is 1.24 bits per heavy atom. The molecule has 21 heavy (non-hydrogen) atoms. The Kier molecular flexibility index (Phi) is 4.13. The van der Waals surface area contributed by atoms with Crippen LogP contribution in [-0.2, 0) is 10.0 Å². The number of hydrogen-bond acceptors (Lipinski definition) is 3. The standard InChI is InChI=1S/C15H21NO4S/c1-11-4-5-12(10-13(11)14(17)18)21(19,20)16-8-6-15(2,3)7-9-16/h4-5,10H,6-9H2,1-3H3,(H,17,18). The molecular weight excluding hydrogens is 290 g/mol. The average molecular weight is 311 g/mol. The molecule has 0 bridgehead atoms. The highest BCUT2D eigenvalue weighted by atomic mass is 32.2. The minimum absolute atomic E-state index is 0.0356. The third-order valence-corrected chi connectivity index (χ3v) is 6.05. The van der Waals surface area contributed by atoms with Gasteiger partial charge in [0, 0.05) is 13.1 Å². The van der Waals surface area contributed by atoms with Gasteiger partial charge in [0.25, 0.3) is 0 Å². The van der Waals surface area contributed by atoms with Crippen molar-refractivity contribution in [2.24, 2.45) is 5.41 Å². The molecule has 0 aromatic heterocycles. The third kappa shape index (κ3) is 3.27. The summed E-state index contributed by atoms with van der Waals surface area (Å²) in [5.41, 5.74) is 0.751. The lowest BCUT2D eigenvalue weighted by Gasteiger charge is -2.36. The molecule has 6 heteroatoms. The number of aromatic carboxylic acids is 1. The van der Waals surface area contributed by atoms with Gasteiger partial charge < -0.3 is 5.11 Å². The van der Waals surface area contributed by atoms with E-state index in [9.17, 15) is 13.2 Å². The van der Waals surface area contributed by atoms with Crippen molar-refractivity contribution in [3.63, 3.8) is 0 Å². The van der Waals surface area contributed by atoms with Gasteiger partial charge in [0.2, 0.25) is 10.0 Å². The second-order valence-electron chi connectivity index (χ2n) is 6.35. The van der Waals surface area contributed by atoms with E-state index in [0.717, 1.165) is 12.8 Å². The number of hydrogen-bond donors (Lipinski definition) is 1. The highest BCUT2D eigenvalue weighted by Crippen LogP contribution is 2.32. The summed E-state index contributed by atoms with van der Waals surface area (Å²) >= 11 is 0. The summed E-state index contributed by atoms with van der Waals surface area (Å²) in [6, 6.07) is 4.29. The first kappa shape index (κ1) is 16.0. The monoisotopic (exact) mass is 311 g/mol. The zero-order valence-corrected chi connectivity index (χ0v) is 13.4. The van der Waals surface area contributed by atoms with Crippen LogP contribution in [0.15, 0.2) is 23.1 Å². The zero-order chi connectivity index (χ0) is 15.8. The number of rotatable bonds is 3. The van der Waals surface area contributed by atoms with E-state index >= 15 is 0 Å². The predicted molar refractivity (Wildman–Crippen MR) is 79.9 cm³/mol. The van der Waals surface area contributed by atoms with Gasteiger partial charge in [-0.3, -0.25) is 0 Å². The summed E-state index contributed by atoms with van der Waals surface area (Å²) in [7, 11) is -3.62. The Labute approximate surface area is 125 Å². The molecule has 1 aromatic carbocycles. The molecule has 1 fully saturated rings. The summed E-state index contributed by atoms with van der Waals surface area (Å²) in [5.74, 6) is -1.11. The summed E-state index contributed by atoms with van der Waals surface area (Å²) < 4.78 is 26.7. The Balaban J connectivity index is 2.33. The van der Waals surface area contributed by atoms with Crippen LogP contribution in [0.2, 0.25) is 0 Å². The van der Waals surface area contributed by atoms with E-state index < -0.39 is 16.0 Å². The SMILES string of the molecule is Cc1ccc(S(=O)(=O)N2CCC(C)(C)CC2)cc1C(=O)O. The molecule has 1 heterocycles. The molecule has 5 nitrogen and oxygen atoms in total. The number of benzene rings is 1. The Morgan fingerprint density at radius 2 is 1.81 bits per heavy atom. The van der Waals surface area contributed by atoms with Crippen molar-refractivity contribution >= 4 is 16.0 Å². The van der Waals surface area contributed by atoms with Crippen LogP contribution in [0.1, 0.15) is 42.6 Å². The summed E-state index contributed by atoms with van der Waals surface area (Å²) in [5, 5.41) is 9.13. The molecule has 1 aliphatic rings. The molecule has 0 saturated carbocycles. The van der Waals surface area contributed by atoms with Crippen molar-refractivity contribution in [2.75, 3.05) is 13.1 Å². The lowest BCUT2D eigenvalue weighted by Crippen LogP contribution is -2.41. The maximum absolute atomic E-state index is 12.6. The minimum Gasteiger partial charge on any atom is -0.478 e. The first-order valence-corrected chi connectivity index (χ1v) is 8.42. The second kappa shape index (κ2) is 5.42. The number of nitrogens with zero attached hydrogens (tertiary/aromatic N) is 1. The van der Waals surface area contributed by atoms with Crippen LogP contribution in [-0.4, -0.2) is 36.9 Å². The number of carbonyl (C=O) groups is 1. The zero-order valence-electron chi connectivity index (χ0n) is 12.6. The van der Waals surface area contributed by atoms with E-state index in [-0.39, 0.29) is 15.9 Å². The van der Waals surface area contributed by atoms with Crippen molar-refractivity contribution in [3.8, 4) is 0 Å². The fourth-order valence-corrected chi connectivity index (χ4v) is 3.94. The first-order valence-electron chi connectivity index (χ1n) is 6.98. The van der Waals surface area contributed by atoms with E-state index in [1.54, 1.807) is 13.0 Å². The molecule has 2 rings (SSSR count). The molecular formula is C15H21NO4S. The molecule has 0 unspecified atom stereocenters. The molecule has 0 aliphatic carbocycles. The molecule has 0 amide bonds. The van der Waals surface area contributed by atoms with E-state index in [1.807, 2.05) is 0 Å². The number of carboxylic acid groups (broad SMARTS) is 1. The molecule has 1 saturated heterocycles. The van der Waals surface area contributed by atoms with Crippen LogP contribution in [0.3, 0.4) is 0 Å². The Hall–Kier alpha value is -1.40. The van der Waals surface area contributed by atoms with E-state index in [0.29, 0.717) is 18.7 Å². The van der Waals surface area contributed by atoms with Crippen LogP contribution < -0.4 is 0 Å². The van der Waals surface area contributed by atoms with Gasteiger partial charge in [-0.25, -0.2) is 13.2 Å². The highest BCUT2D eigenvalue weighted by molar-refractivity contribution is 7.89. The molecule has 1 N–H and O–H groups in total. The summed E-state index contributed by atoms with van der Waals surface area (Å²) in [6.45, 7) is 6.87. The highest BCUT2D eigenvalue weighted by Gasteiger charge is 2.33. The van der Waals surface area contributed by atoms with Crippen molar-refractivity contribution < 1.29 is 18.3 Å². The van der Waals surface area contributed by atoms with Gasteiger partial charge in [0.1, 0.15) is 0 Å². The van der Waals surface area contributed by atoms with Crippen LogP contribution in [0.4, 0.5) is 0 Å². The van der Waals surface area contributed by atoms with Gasteiger partial charge in [-0.1, -0.05) is 19.9 Å². The van der Waals surface area contributed by atoms with E-state index in [4.69, 9.17) is 5.11 Å². The predicted octanol–water partition coefficient (Wildman–Crippen LogP) is 2.50. The number of sulfonamides is 1. The second-order valence-corrected chi connectivity index (χ2v) is 8.29. The van der Waals surface area contributed by atoms with Gasteiger partial charge in [0.15, 0.2) is 0 Å². The molecule has 0 radical (unpaired) electrons. The maximum Gasteiger partial charge on any atom is 0.335 e. The van der Waals surface area contributed by atoms with Crippen molar-refractivity contribution in [1.82, 2.24) is 4.31 Å². The molecule has 1 aromatic rings. The van der Waals surface area contributed by atoms with Crippen molar-refractivity contribution in [3.05, 3.63) is 29.3 Å². The van der Waals surface area contributed by atoms with Gasteiger partial charge in [-0.05, 0) is 42.9 Å². The van der Waals surface area contributed by atoms with E-state index in [1.165, 1.54) is 16.4 Å². The van der Waals surface area contributed by atoms with Gasteiger partial charge in [-0.2, -0.15) is 4.31 Å². The Bertz CT molecular complexity index is 654. The Morgan fingerprint density at radius 3 is 2.33 bits per heavy atom. The van der Waals surface area contributed by atoms with Gasteiger partial charge >= 0.3 is 5.97 Å². The lowest BCUT2D eigenvalue weighted by molar-refractivity contribution is 0.0696. The molecule has 116 valence electrons. The summed E-state index contributed by atoms with van der Waals surface area (Å²) in [6.07, 6.45) is 1.62. The molecule has 0 atom stereocenters. The van der Waals surface area contributed by atoms with Gasteiger partial charge in [-0.15, -0.1) is 0 Å². The van der Waals surface area contributed by atoms with Crippen molar-refractivity contribution in [1.29, 1.82) is 0 Å². The molecule has 1 aliphatic heterocycles. The first-order chi connectivity index (χ1) is 9.63. The lowest BCUT2D eigenvalue weighted by atomic mass is 9.83. The number of piperidine rings is 1. The topological polar surface area (TPSA) is 74.7 Å². The van der Waals surface area contributed by atoms with Crippen LogP contribution in [0.25, 0.3) is 0 Å². The largest absolute Gasteiger partial charge is 0.478 e. The maximum atomic E-state index is 12.6. The summed E-state index contributed by atoms with van der Waals surface area (Å²) in [4.78, 5) is 11.2. The number of carboxylic acids is 1. The third-order valence-electron chi connectivity index (χ3n) is 4.15. The van der Waals surface area contributed by atoms with Crippen LogP contribution >= 0.6 is 0 Å². The fourth-order valence-electron chi connectivity index (χ4n) is 2.47. The smallest absolute Gasteiger partial charge is 0.335 e. The van der Waals surface area contributed by atoms with Gasteiger partial charge in [0.05, 0.1) is 10.5 Å². The van der Waals surface area contributed by atoms with E-state index in [2.05, 4.69) is 13.8 Å². The van der Waals surface area contributed by atoms with Crippen LogP contribution in [0.5, 0.6) is 0 Å². The average Bonchev–Trinajstić information content (AvgIpc) is 2.38. The number of aryl methyl sites for hydroxylation is 1. The molecule has 0 spiro atoms.